The summed E-state index contributed by atoms with van der Waals surface area (Å²) in [5.41, 5.74) is 3.78. The van der Waals surface area contributed by atoms with Crippen LogP contribution in [0.1, 0.15) is 22.3 Å². The van der Waals surface area contributed by atoms with Crippen LogP contribution < -0.4 is 0 Å². The third-order valence-electron chi connectivity index (χ3n) is 11.4. The Morgan fingerprint density at radius 1 is 0.355 bits per heavy atom. The van der Waals surface area contributed by atoms with E-state index < -0.39 is 23.5 Å². The van der Waals surface area contributed by atoms with Gasteiger partial charge in [-0.1, -0.05) is 84.9 Å². The van der Waals surface area contributed by atoms with Gasteiger partial charge in [-0.3, -0.25) is 0 Å². The molecule has 0 aliphatic carbocycles. The summed E-state index contributed by atoms with van der Waals surface area (Å²) in [6.07, 6.45) is -9.68. The molecule has 0 unspecified atom stereocenters. The first kappa shape index (κ1) is 38.1. The van der Waals surface area contributed by atoms with Crippen LogP contribution in [0.4, 0.5) is 26.3 Å². The highest BCUT2D eigenvalue weighted by Gasteiger charge is 2.40. The van der Waals surface area contributed by atoms with Crippen molar-refractivity contribution >= 4 is 43.6 Å². The van der Waals surface area contributed by atoms with Gasteiger partial charge in [0.15, 0.2) is 0 Å². The van der Waals surface area contributed by atoms with Gasteiger partial charge in [0.25, 0.3) is 0 Å². The molecule has 10 heteroatoms. The summed E-state index contributed by atoms with van der Waals surface area (Å²) in [7, 11) is 0. The van der Waals surface area contributed by atoms with Gasteiger partial charge >= 0.3 is 12.4 Å². The van der Waals surface area contributed by atoms with Crippen molar-refractivity contribution in [2.75, 3.05) is 0 Å². The van der Waals surface area contributed by atoms with Gasteiger partial charge in [-0.2, -0.15) is 36.9 Å². The van der Waals surface area contributed by atoms with Crippen molar-refractivity contribution in [3.8, 4) is 56.9 Å². The van der Waals surface area contributed by atoms with Crippen molar-refractivity contribution in [2.45, 2.75) is 12.4 Å². The maximum absolute atomic E-state index is 16.3. The zero-order valence-corrected chi connectivity index (χ0v) is 32.2. The summed E-state index contributed by atoms with van der Waals surface area (Å²) in [5.74, 6) is 0. The van der Waals surface area contributed by atoms with E-state index in [1.165, 1.54) is 24.3 Å². The minimum absolute atomic E-state index is 0.0868. The standard InChI is InChI=1S/C52H28F6N4/c53-51(54,55)39-7-5-6-35(24-39)38-27-48(61-44-10-3-1-8-40(44)42-25-36(20-22-46(42)61)33-16-12-31(29-59)13-17-33)50(52(56,57)58)49(28-38)62-45-11-4-2-9-41(45)43-26-37(21-23-47(43)62)34-18-14-32(30-60)15-19-34/h1-28H. The lowest BCUT2D eigenvalue weighted by atomic mass is 9.97. The number of fused-ring (bicyclic) bond motifs is 6. The fraction of sp³-hybridized carbons (Fsp3) is 0.0385. The molecule has 0 spiro atoms. The molecule has 4 nitrogen and oxygen atoms in total. The van der Waals surface area contributed by atoms with E-state index in [1.54, 1.807) is 81.9 Å². The fourth-order valence-corrected chi connectivity index (χ4v) is 8.60. The van der Waals surface area contributed by atoms with Crippen molar-refractivity contribution in [1.29, 1.82) is 10.5 Å². The molecular formula is C52H28F6N4. The molecule has 0 saturated heterocycles. The maximum Gasteiger partial charge on any atom is 0.420 e. The van der Waals surface area contributed by atoms with Crippen molar-refractivity contribution in [2.24, 2.45) is 0 Å². The quantitative estimate of drug-likeness (QED) is 0.162. The lowest BCUT2D eigenvalue weighted by Crippen LogP contribution is -2.16. The lowest BCUT2D eigenvalue weighted by Gasteiger charge is -2.23. The Kier molecular flexibility index (Phi) is 8.79. The van der Waals surface area contributed by atoms with Gasteiger partial charge in [0.2, 0.25) is 0 Å². The highest BCUT2D eigenvalue weighted by molar-refractivity contribution is 6.12. The lowest BCUT2D eigenvalue weighted by molar-refractivity contribution is -0.138. The van der Waals surface area contributed by atoms with Gasteiger partial charge in [-0.25, -0.2) is 0 Å². The van der Waals surface area contributed by atoms with Crippen LogP contribution in [0.2, 0.25) is 0 Å². The van der Waals surface area contributed by atoms with Crippen LogP contribution in [0.25, 0.3) is 88.4 Å². The summed E-state index contributed by atoms with van der Waals surface area (Å²) < 4.78 is 94.7. The number of rotatable bonds is 5. The molecule has 10 aromatic rings. The molecule has 0 N–H and O–H groups in total. The summed E-state index contributed by atoms with van der Waals surface area (Å²) in [5, 5.41) is 21.4. The van der Waals surface area contributed by atoms with E-state index >= 15 is 13.2 Å². The van der Waals surface area contributed by atoms with Crippen molar-refractivity contribution in [3.05, 3.63) is 192 Å². The highest BCUT2D eigenvalue weighted by atomic mass is 19.4. The molecule has 0 fully saturated rings. The molecule has 0 radical (unpaired) electrons. The van der Waals surface area contributed by atoms with Gasteiger partial charge in [0.1, 0.15) is 5.56 Å². The van der Waals surface area contributed by atoms with Crippen LogP contribution in [0, 0.1) is 22.7 Å². The summed E-state index contributed by atoms with van der Waals surface area (Å²) in [4.78, 5) is 0. The Morgan fingerprint density at radius 3 is 1.21 bits per heavy atom. The summed E-state index contributed by atoms with van der Waals surface area (Å²) in [6, 6.07) is 50.7. The number of alkyl halides is 6. The third kappa shape index (κ3) is 6.32. The number of nitrogens with zero attached hydrogens (tertiary/aromatic N) is 4. The average Bonchev–Trinajstić information content (AvgIpc) is 3.80. The topological polar surface area (TPSA) is 57.4 Å². The number of aromatic nitrogens is 2. The molecule has 0 aliphatic heterocycles. The number of nitriles is 2. The van der Waals surface area contributed by atoms with E-state index in [4.69, 9.17) is 0 Å². The first-order valence-corrected chi connectivity index (χ1v) is 19.4. The third-order valence-corrected chi connectivity index (χ3v) is 11.4. The monoisotopic (exact) mass is 822 g/mol. The van der Waals surface area contributed by atoms with Crippen LogP contribution in [0.5, 0.6) is 0 Å². The number of benzene rings is 8. The predicted octanol–water partition coefficient (Wildman–Crippen LogP) is 14.7. The predicted molar refractivity (Wildman–Crippen MR) is 231 cm³/mol. The number of hydrogen-bond acceptors (Lipinski definition) is 2. The Balaban J connectivity index is 1.31. The molecule has 2 aromatic heterocycles. The van der Waals surface area contributed by atoms with Gasteiger partial charge < -0.3 is 9.13 Å². The SMILES string of the molecule is N#Cc1ccc(-c2ccc3c(c2)c2ccccc2n3-c2cc(-c3cccc(C(F)(F)F)c3)cc(-n3c4ccccc4c4cc(-c5ccc(C#N)cc5)ccc43)c2C(F)(F)F)cc1. The van der Waals surface area contributed by atoms with E-state index in [9.17, 15) is 23.7 Å². The maximum atomic E-state index is 16.3. The van der Waals surface area contributed by atoms with E-state index in [0.717, 1.165) is 34.4 Å². The van der Waals surface area contributed by atoms with Crippen molar-refractivity contribution < 1.29 is 26.3 Å². The van der Waals surface area contributed by atoms with E-state index in [0.29, 0.717) is 54.7 Å². The molecule has 10 rings (SSSR count). The average molecular weight is 823 g/mol. The molecule has 0 saturated carbocycles. The second-order valence-corrected chi connectivity index (χ2v) is 15.0. The summed E-state index contributed by atoms with van der Waals surface area (Å²) >= 11 is 0. The fourth-order valence-electron chi connectivity index (χ4n) is 8.60. The summed E-state index contributed by atoms with van der Waals surface area (Å²) in [6.45, 7) is 0. The molecule has 2 heterocycles. The van der Waals surface area contributed by atoms with Crippen molar-refractivity contribution in [1.82, 2.24) is 9.13 Å². The van der Waals surface area contributed by atoms with E-state index in [2.05, 4.69) is 12.1 Å². The zero-order chi connectivity index (χ0) is 42.9. The number of halogens is 6. The minimum atomic E-state index is -4.97. The molecular weight excluding hydrogens is 795 g/mol. The number of para-hydroxylation sites is 2. The van der Waals surface area contributed by atoms with Crippen LogP contribution in [-0.4, -0.2) is 9.13 Å². The zero-order valence-electron chi connectivity index (χ0n) is 32.2. The highest BCUT2D eigenvalue weighted by Crippen LogP contribution is 2.47. The van der Waals surface area contributed by atoms with Gasteiger partial charge in [0.05, 0.1) is 62.3 Å². The second kappa shape index (κ2) is 14.3. The largest absolute Gasteiger partial charge is 0.420 e. The Morgan fingerprint density at radius 2 is 0.774 bits per heavy atom. The molecule has 0 atom stereocenters. The van der Waals surface area contributed by atoms with Crippen molar-refractivity contribution in [3.63, 3.8) is 0 Å². The van der Waals surface area contributed by atoms with E-state index in [-0.39, 0.29) is 22.5 Å². The first-order valence-electron chi connectivity index (χ1n) is 19.4. The minimum Gasteiger partial charge on any atom is -0.309 e. The molecule has 0 aliphatic rings. The van der Waals surface area contributed by atoms with Gasteiger partial charge in [-0.15, -0.1) is 0 Å². The number of hydrogen-bond donors (Lipinski definition) is 0. The second-order valence-electron chi connectivity index (χ2n) is 15.0. The molecule has 62 heavy (non-hydrogen) atoms. The van der Waals surface area contributed by atoms with Crippen LogP contribution in [0.15, 0.2) is 170 Å². The normalized spacial score (nSPS) is 12.0. The van der Waals surface area contributed by atoms with Crippen LogP contribution >= 0.6 is 0 Å². The van der Waals surface area contributed by atoms with Crippen LogP contribution in [0.3, 0.4) is 0 Å². The Labute approximate surface area is 350 Å². The van der Waals surface area contributed by atoms with Gasteiger partial charge in [0, 0.05) is 21.5 Å². The molecule has 0 amide bonds. The van der Waals surface area contributed by atoms with Gasteiger partial charge in [-0.05, 0) is 118 Å². The smallest absolute Gasteiger partial charge is 0.309 e. The molecule has 8 aromatic carbocycles. The van der Waals surface area contributed by atoms with E-state index in [1.807, 2.05) is 60.7 Å². The first-order chi connectivity index (χ1) is 29.9. The molecule has 0 bridgehead atoms. The Bertz CT molecular complexity index is 3310. The van der Waals surface area contributed by atoms with Crippen LogP contribution in [-0.2, 0) is 12.4 Å². The molecule has 298 valence electrons. The Hall–Kier alpha value is -8.08.